The van der Waals surface area contributed by atoms with Crippen LogP contribution < -0.4 is 5.26 Å². The van der Waals surface area contributed by atoms with Crippen LogP contribution in [0.3, 0.4) is 0 Å². The second-order valence-corrected chi connectivity index (χ2v) is 8.05. The third-order valence-electron chi connectivity index (χ3n) is 5.37. The van der Waals surface area contributed by atoms with Gasteiger partial charge in [0.15, 0.2) is 5.71 Å². The third kappa shape index (κ3) is 3.87. The van der Waals surface area contributed by atoms with Gasteiger partial charge in [0.2, 0.25) is 5.69 Å². The number of hydrogen-bond acceptors (Lipinski definition) is 5. The average Bonchev–Trinajstić information content (AvgIpc) is 2.83. The van der Waals surface area contributed by atoms with Gasteiger partial charge in [-0.15, -0.1) is 0 Å². The number of benzene rings is 2. The zero-order valence-corrected chi connectivity index (χ0v) is 16.5. The van der Waals surface area contributed by atoms with Crippen LogP contribution in [0.25, 0.3) is 10.8 Å². The minimum Gasteiger partial charge on any atom is -0.691 e. The van der Waals surface area contributed by atoms with E-state index in [0.717, 1.165) is 40.7 Å². The molecule has 0 unspecified atom stereocenters. The predicted octanol–water partition coefficient (Wildman–Crippen LogP) is 3.72. The molecule has 0 fully saturated rings. The fourth-order valence-electron chi connectivity index (χ4n) is 3.82. The molecule has 3 rings (SSSR count). The highest BCUT2D eigenvalue weighted by molar-refractivity contribution is 7.94. The lowest BCUT2D eigenvalue weighted by molar-refractivity contribution is -0.777. The van der Waals surface area contributed by atoms with Gasteiger partial charge >= 0.3 is 5.97 Å². The van der Waals surface area contributed by atoms with Gasteiger partial charge in [-0.3, -0.25) is 9.83 Å². The molecular weight excluding hydrogens is 366 g/mol. The van der Waals surface area contributed by atoms with Gasteiger partial charge in [-0.2, -0.15) is 8.91 Å². The lowest BCUT2D eigenvalue weighted by Gasteiger charge is -2.17. The number of hydrogen-bond donors (Lipinski definition) is 1. The Morgan fingerprint density at radius 2 is 2.04 bits per heavy atom. The molecule has 0 spiro atoms. The Bertz CT molecular complexity index is 907. The molecule has 0 amide bonds. The van der Waals surface area contributed by atoms with Crippen LogP contribution in [0.15, 0.2) is 35.2 Å². The lowest BCUT2D eigenvalue weighted by Crippen LogP contribution is -2.27. The molecule has 0 saturated carbocycles. The summed E-state index contributed by atoms with van der Waals surface area (Å²) in [6.45, 7) is 7.39. The summed E-state index contributed by atoms with van der Waals surface area (Å²) in [6, 6.07) is 10.1. The van der Waals surface area contributed by atoms with Crippen LogP contribution in [0.2, 0.25) is 0 Å². The Balaban J connectivity index is 1.94. The molecule has 1 N–H and O–H groups in total. The van der Waals surface area contributed by atoms with E-state index in [1.54, 1.807) is 0 Å². The highest BCUT2D eigenvalue weighted by atomic mass is 32.2. The maximum atomic E-state index is 10.7. The number of fused-ring (bicyclic) bond motifs is 3. The first-order valence-electron chi connectivity index (χ1n) is 8.90. The normalized spacial score (nSPS) is 15.4. The van der Waals surface area contributed by atoms with E-state index in [1.807, 2.05) is 18.2 Å². The van der Waals surface area contributed by atoms with E-state index in [4.69, 9.17) is 5.11 Å². The van der Waals surface area contributed by atoms with Crippen LogP contribution >= 0.6 is 12.0 Å². The zero-order valence-electron chi connectivity index (χ0n) is 15.7. The summed E-state index contributed by atoms with van der Waals surface area (Å²) >= 11 is 0.887. The average molecular weight is 389 g/mol. The molecule has 0 atom stereocenters. The van der Waals surface area contributed by atoms with Crippen molar-refractivity contribution in [3.05, 3.63) is 35.9 Å². The summed E-state index contributed by atoms with van der Waals surface area (Å²) in [6.07, 6.45) is 1.71. The van der Waals surface area contributed by atoms with Gasteiger partial charge < -0.3 is 10.4 Å². The van der Waals surface area contributed by atoms with Gasteiger partial charge in [0.25, 0.3) is 0 Å². The first kappa shape index (κ1) is 19.8. The number of rotatable bonds is 8. The molecule has 0 bridgehead atoms. The fourth-order valence-corrected chi connectivity index (χ4v) is 4.22. The second kappa shape index (κ2) is 7.98. The summed E-state index contributed by atoms with van der Waals surface area (Å²) < 4.78 is 6.73. The van der Waals surface area contributed by atoms with Crippen LogP contribution in [-0.2, 0) is 19.6 Å². The third-order valence-corrected chi connectivity index (χ3v) is 5.94. The minimum atomic E-state index is -0.746. The number of carbonyl (C=O) groups is 1. The predicted molar refractivity (Wildman–Crippen MR) is 102 cm³/mol. The van der Waals surface area contributed by atoms with E-state index >= 15 is 0 Å². The Kier molecular flexibility index (Phi) is 5.86. The Morgan fingerprint density at radius 1 is 1.26 bits per heavy atom. The summed E-state index contributed by atoms with van der Waals surface area (Å²) in [5.41, 5.74) is 3.60. The van der Waals surface area contributed by atoms with Crippen LogP contribution in [0.5, 0.6) is 0 Å². The molecule has 0 radical (unpaired) electrons. The molecule has 144 valence electrons. The molecular formula is C20H23NO5S. The first-order valence-corrected chi connectivity index (χ1v) is 9.64. The number of aliphatic carboxylic acids is 1. The summed E-state index contributed by atoms with van der Waals surface area (Å²) in [4.78, 5) is 11.5. The van der Waals surface area contributed by atoms with E-state index in [0.29, 0.717) is 6.42 Å². The van der Waals surface area contributed by atoms with Crippen molar-refractivity contribution < 1.29 is 29.1 Å². The summed E-state index contributed by atoms with van der Waals surface area (Å²) in [7, 11) is 0. The van der Waals surface area contributed by atoms with Gasteiger partial charge in [0.1, 0.15) is 6.54 Å². The number of nitrogens with zero attached hydrogens (tertiary/aromatic N) is 1. The number of unbranched alkanes of at least 4 members (excludes halogenated alkanes) is 1. The van der Waals surface area contributed by atoms with Gasteiger partial charge in [-0.1, -0.05) is 6.07 Å². The van der Waals surface area contributed by atoms with Gasteiger partial charge in [0, 0.05) is 36.3 Å². The van der Waals surface area contributed by atoms with E-state index in [-0.39, 0.29) is 11.8 Å². The van der Waals surface area contributed by atoms with Crippen molar-refractivity contribution in [3.8, 4) is 0 Å². The van der Waals surface area contributed by atoms with Crippen molar-refractivity contribution >= 4 is 40.2 Å². The molecule has 1 aliphatic heterocycles. The van der Waals surface area contributed by atoms with Crippen LogP contribution in [0, 0.1) is 0 Å². The highest BCUT2D eigenvalue weighted by Crippen LogP contribution is 2.44. The van der Waals surface area contributed by atoms with Crippen molar-refractivity contribution in [2.45, 2.75) is 50.3 Å². The lowest BCUT2D eigenvalue weighted by atomic mass is 9.80. The van der Waals surface area contributed by atoms with E-state index in [9.17, 15) is 10.1 Å². The Hall–Kier alpha value is -1.93. The van der Waals surface area contributed by atoms with Crippen LogP contribution in [-0.4, -0.2) is 27.9 Å². The number of carboxylic acid groups (broad SMARTS) is 1. The Morgan fingerprint density at radius 3 is 2.74 bits per heavy atom. The first-order chi connectivity index (χ1) is 12.9. The maximum Gasteiger partial charge on any atom is 0.303 e. The quantitative estimate of drug-likeness (QED) is 0.244. The maximum absolute atomic E-state index is 10.7. The van der Waals surface area contributed by atoms with Crippen molar-refractivity contribution in [2.24, 2.45) is 0 Å². The standard InChI is InChI=1S/C20H23NO5S/c1-13-20(2,3)19-16-9-8-15(27-26-25-24)12-14(16)7-10-17(19)21(13)11-5-4-6-18(22)23/h7-10,12H,4-6,11H2,1-3H3,(H-,22,23,24). The van der Waals surface area contributed by atoms with E-state index < -0.39 is 5.97 Å². The van der Waals surface area contributed by atoms with Crippen LogP contribution in [0.4, 0.5) is 5.69 Å². The Labute approximate surface area is 162 Å². The topological polar surface area (TPSA) is 81.8 Å². The molecule has 0 saturated heterocycles. The van der Waals surface area contributed by atoms with Gasteiger partial charge in [0.05, 0.1) is 17.5 Å². The number of carboxylic acids is 1. The minimum absolute atomic E-state index is 0.120. The van der Waals surface area contributed by atoms with Crippen molar-refractivity contribution in [2.75, 3.05) is 6.54 Å². The molecule has 7 heteroatoms. The molecule has 2 aromatic carbocycles. The second-order valence-electron chi connectivity index (χ2n) is 7.27. The molecule has 0 aliphatic carbocycles. The molecule has 1 heterocycles. The molecule has 1 aliphatic rings. The van der Waals surface area contributed by atoms with Crippen molar-refractivity contribution in [1.29, 1.82) is 0 Å². The monoisotopic (exact) mass is 389 g/mol. The van der Waals surface area contributed by atoms with Gasteiger partial charge in [-0.25, -0.2) is 0 Å². The van der Waals surface area contributed by atoms with E-state index in [1.165, 1.54) is 17.0 Å². The van der Waals surface area contributed by atoms with Crippen molar-refractivity contribution in [3.63, 3.8) is 0 Å². The molecule has 6 nitrogen and oxygen atoms in total. The fraction of sp³-hybridized carbons (Fsp3) is 0.400. The van der Waals surface area contributed by atoms with Crippen molar-refractivity contribution in [1.82, 2.24) is 0 Å². The largest absolute Gasteiger partial charge is 0.691 e. The summed E-state index contributed by atoms with van der Waals surface area (Å²) in [5, 5.41) is 24.5. The molecule has 0 aromatic heterocycles. The molecule has 27 heavy (non-hydrogen) atoms. The SMILES string of the molecule is CC1=[N+](CCCCC(=O)O)c2ccc3cc(SOO[O-])ccc3c2C1(C)C. The van der Waals surface area contributed by atoms with Gasteiger partial charge in [-0.05, 0) is 49.2 Å². The molecule has 2 aromatic rings. The van der Waals surface area contributed by atoms with E-state index in [2.05, 4.69) is 46.9 Å². The highest BCUT2D eigenvalue weighted by Gasteiger charge is 2.43. The van der Waals surface area contributed by atoms with Crippen LogP contribution in [0.1, 0.15) is 45.6 Å². The summed E-state index contributed by atoms with van der Waals surface area (Å²) in [5.74, 6) is -0.746. The zero-order chi connectivity index (χ0) is 19.6. The smallest absolute Gasteiger partial charge is 0.303 e.